The Balaban J connectivity index is 1.82. The Kier molecular flexibility index (Phi) is 6.85. The van der Waals surface area contributed by atoms with Crippen LogP contribution < -0.4 is 29.9 Å². The van der Waals surface area contributed by atoms with E-state index in [2.05, 4.69) is 17.4 Å². The molecule has 6 aromatic rings. The normalized spacial score (nSPS) is 11.7. The molecule has 1 N–H and O–H groups in total. The quantitative estimate of drug-likeness (QED) is 0.189. The molecule has 3 aromatic carbocycles. The lowest BCUT2D eigenvalue weighted by Gasteiger charge is -2.15. The van der Waals surface area contributed by atoms with Crippen LogP contribution in [-0.2, 0) is 0 Å². The van der Waals surface area contributed by atoms with E-state index in [9.17, 15) is 4.79 Å². The summed E-state index contributed by atoms with van der Waals surface area (Å²) >= 11 is 0. The van der Waals surface area contributed by atoms with Gasteiger partial charge in [0.25, 0.3) is 0 Å². The molecule has 0 amide bonds. The third-order valence-corrected chi connectivity index (χ3v) is 7.32. The first-order valence-corrected chi connectivity index (χ1v) is 14.0. The van der Waals surface area contributed by atoms with Crippen LogP contribution in [0.2, 0.25) is 0 Å². The van der Waals surface area contributed by atoms with E-state index in [0.29, 0.717) is 34.1 Å². The molecule has 0 aliphatic heterocycles. The molecule has 0 unspecified atom stereocenters. The first kappa shape index (κ1) is 27.3. The molecule has 0 spiro atoms. The third-order valence-electron chi connectivity index (χ3n) is 7.32. The van der Waals surface area contributed by atoms with Gasteiger partial charge in [-0.05, 0) is 75.0 Å². The second-order valence-corrected chi connectivity index (χ2v) is 10.8. The molecule has 0 saturated carbocycles. The van der Waals surface area contributed by atoms with Gasteiger partial charge < -0.3 is 33.1 Å². The SMILES string of the molecule is CNc1ccc(-c2c3c4cc(OC)c(OC(C)C)cc4oc(=O)c3n3ccc4cc(OC(C)C)c(OC)cc4c23)cc1. The predicted octanol–water partition coefficient (Wildman–Crippen LogP) is 7.65. The zero-order chi connectivity index (χ0) is 29.7. The zero-order valence-electron chi connectivity index (χ0n) is 24.8. The standard InChI is InChI=1S/C34H34N2O6/c1-18(2)40-28-14-21-12-13-36-32(23(21)15-26(28)38-6)30(20-8-10-22(35-5)11-9-20)31-24-16-27(39-7)29(41-19(3)4)17-25(24)42-34(37)33(31)36/h8-19,35H,1-7H3. The summed E-state index contributed by atoms with van der Waals surface area (Å²) in [6.07, 6.45) is 1.80. The summed E-state index contributed by atoms with van der Waals surface area (Å²) in [5, 5.41) is 6.56. The summed E-state index contributed by atoms with van der Waals surface area (Å²) in [7, 11) is 5.12. The molecule has 0 atom stereocenters. The monoisotopic (exact) mass is 566 g/mol. The zero-order valence-corrected chi connectivity index (χ0v) is 24.8. The maximum absolute atomic E-state index is 13.8. The van der Waals surface area contributed by atoms with Crippen molar-refractivity contribution in [2.24, 2.45) is 0 Å². The second-order valence-electron chi connectivity index (χ2n) is 10.8. The summed E-state index contributed by atoms with van der Waals surface area (Å²) in [4.78, 5) is 13.8. The van der Waals surface area contributed by atoms with E-state index in [0.717, 1.165) is 43.9 Å². The minimum Gasteiger partial charge on any atom is -0.493 e. The van der Waals surface area contributed by atoms with Gasteiger partial charge in [0.05, 0.1) is 31.9 Å². The van der Waals surface area contributed by atoms with Crippen molar-refractivity contribution in [3.05, 3.63) is 71.2 Å². The van der Waals surface area contributed by atoms with Gasteiger partial charge in [-0.15, -0.1) is 0 Å². The van der Waals surface area contributed by atoms with Crippen LogP contribution >= 0.6 is 0 Å². The minimum atomic E-state index is -0.447. The van der Waals surface area contributed by atoms with Crippen molar-refractivity contribution in [3.8, 4) is 34.1 Å². The van der Waals surface area contributed by atoms with Gasteiger partial charge in [-0.1, -0.05) is 12.1 Å². The smallest absolute Gasteiger partial charge is 0.361 e. The van der Waals surface area contributed by atoms with Crippen molar-refractivity contribution in [2.45, 2.75) is 39.9 Å². The Morgan fingerprint density at radius 1 is 0.762 bits per heavy atom. The Bertz CT molecular complexity index is 2020. The van der Waals surface area contributed by atoms with Crippen LogP contribution in [0, 0.1) is 0 Å². The molecule has 8 nitrogen and oxygen atoms in total. The minimum absolute atomic E-state index is 0.0206. The van der Waals surface area contributed by atoms with E-state index in [1.165, 1.54) is 0 Å². The average molecular weight is 567 g/mol. The van der Waals surface area contributed by atoms with Crippen molar-refractivity contribution in [3.63, 3.8) is 0 Å². The van der Waals surface area contributed by atoms with E-state index in [1.807, 2.05) is 81.7 Å². The number of hydrogen-bond donors (Lipinski definition) is 1. The summed E-state index contributed by atoms with van der Waals surface area (Å²) < 4.78 is 31.4. The van der Waals surface area contributed by atoms with Gasteiger partial charge in [-0.3, -0.25) is 0 Å². The van der Waals surface area contributed by atoms with Gasteiger partial charge >= 0.3 is 5.63 Å². The highest BCUT2D eigenvalue weighted by molar-refractivity contribution is 6.21. The number of ether oxygens (including phenoxy) is 4. The summed E-state index contributed by atoms with van der Waals surface area (Å²) in [5.41, 5.74) is 4.09. The Morgan fingerprint density at radius 2 is 1.38 bits per heavy atom. The first-order valence-electron chi connectivity index (χ1n) is 14.0. The van der Waals surface area contributed by atoms with E-state index < -0.39 is 5.63 Å². The molecule has 0 saturated heterocycles. The van der Waals surface area contributed by atoms with E-state index in [1.54, 1.807) is 20.3 Å². The second kappa shape index (κ2) is 10.5. The van der Waals surface area contributed by atoms with Gasteiger partial charge in [0.2, 0.25) is 0 Å². The van der Waals surface area contributed by atoms with Crippen molar-refractivity contribution in [1.29, 1.82) is 0 Å². The molecule has 3 aromatic heterocycles. The number of aromatic nitrogens is 1. The van der Waals surface area contributed by atoms with Crippen molar-refractivity contribution in [1.82, 2.24) is 4.40 Å². The number of hydrogen-bond acceptors (Lipinski definition) is 7. The number of nitrogens with zero attached hydrogens (tertiary/aromatic N) is 1. The van der Waals surface area contributed by atoms with Gasteiger partial charge in [-0.25, -0.2) is 4.79 Å². The van der Waals surface area contributed by atoms with Gasteiger partial charge in [0, 0.05) is 46.7 Å². The third kappa shape index (κ3) is 4.43. The van der Waals surface area contributed by atoms with Crippen molar-refractivity contribution < 1.29 is 23.4 Å². The molecular weight excluding hydrogens is 532 g/mol. The predicted molar refractivity (Wildman–Crippen MR) is 168 cm³/mol. The van der Waals surface area contributed by atoms with Crippen LogP contribution in [0.15, 0.2) is 70.0 Å². The lowest BCUT2D eigenvalue weighted by atomic mass is 9.98. The van der Waals surface area contributed by atoms with Crippen molar-refractivity contribution >= 4 is 43.8 Å². The Hall–Kier alpha value is -4.85. The molecule has 0 radical (unpaired) electrons. The maximum atomic E-state index is 13.8. The van der Waals surface area contributed by atoms with Crippen LogP contribution in [0.5, 0.6) is 23.0 Å². The van der Waals surface area contributed by atoms with Gasteiger partial charge in [0.15, 0.2) is 23.0 Å². The van der Waals surface area contributed by atoms with Gasteiger partial charge in [0.1, 0.15) is 11.1 Å². The van der Waals surface area contributed by atoms with Crippen LogP contribution in [-0.4, -0.2) is 37.9 Å². The molecule has 3 heterocycles. The lowest BCUT2D eigenvalue weighted by molar-refractivity contribution is 0.230. The van der Waals surface area contributed by atoms with Gasteiger partial charge in [-0.2, -0.15) is 0 Å². The van der Waals surface area contributed by atoms with E-state index in [4.69, 9.17) is 23.4 Å². The Morgan fingerprint density at radius 3 is 1.98 bits per heavy atom. The first-order chi connectivity index (χ1) is 20.2. The fourth-order valence-electron chi connectivity index (χ4n) is 5.60. The number of rotatable bonds is 8. The highest BCUT2D eigenvalue weighted by Crippen LogP contribution is 2.45. The average Bonchev–Trinajstić information content (AvgIpc) is 3.32. The number of pyridine rings is 1. The molecule has 8 heteroatoms. The number of anilines is 1. The molecule has 0 aliphatic rings. The van der Waals surface area contributed by atoms with Crippen LogP contribution in [0.4, 0.5) is 5.69 Å². The van der Waals surface area contributed by atoms with Crippen LogP contribution in [0.3, 0.4) is 0 Å². The fourth-order valence-corrected chi connectivity index (χ4v) is 5.60. The number of methoxy groups -OCH3 is 2. The number of benzene rings is 3. The maximum Gasteiger partial charge on any atom is 0.361 e. The van der Waals surface area contributed by atoms with Crippen LogP contribution in [0.25, 0.3) is 49.3 Å². The topological polar surface area (TPSA) is 83.6 Å². The van der Waals surface area contributed by atoms with Crippen LogP contribution in [0.1, 0.15) is 27.7 Å². The van der Waals surface area contributed by atoms with E-state index >= 15 is 0 Å². The molecule has 0 fully saturated rings. The number of nitrogens with one attached hydrogen (secondary N) is 1. The largest absolute Gasteiger partial charge is 0.493 e. The van der Waals surface area contributed by atoms with E-state index in [-0.39, 0.29) is 12.2 Å². The summed E-state index contributed by atoms with van der Waals surface area (Å²) in [5.74, 6) is 2.34. The number of fused-ring (bicyclic) bond motifs is 7. The Labute approximate surface area is 243 Å². The lowest BCUT2D eigenvalue weighted by Crippen LogP contribution is -2.07. The summed E-state index contributed by atoms with van der Waals surface area (Å²) in [6, 6.07) is 17.7. The van der Waals surface area contributed by atoms with Crippen molar-refractivity contribution in [2.75, 3.05) is 26.6 Å². The molecule has 0 aliphatic carbocycles. The molecular formula is C34H34N2O6. The fraction of sp³-hybridized carbons (Fsp3) is 0.265. The molecule has 216 valence electrons. The highest BCUT2D eigenvalue weighted by Gasteiger charge is 2.24. The highest BCUT2D eigenvalue weighted by atomic mass is 16.5. The summed E-state index contributed by atoms with van der Waals surface area (Å²) in [6.45, 7) is 7.84. The molecule has 42 heavy (non-hydrogen) atoms. The molecule has 0 bridgehead atoms. The molecule has 6 rings (SSSR count).